The molecule has 1 unspecified atom stereocenters. The summed E-state index contributed by atoms with van der Waals surface area (Å²) in [7, 11) is 1.88. The number of quaternary nitrogens is 1. The molecule has 5 nitrogen and oxygen atoms in total. The maximum absolute atomic E-state index is 13.7. The third-order valence-corrected chi connectivity index (χ3v) is 5.58. The molecular weight excluding hydrogens is 393 g/mol. The number of hydrogen-bond acceptors (Lipinski definition) is 2. The number of nitrogens with one attached hydrogen (secondary N) is 2. The fourth-order valence-electron chi connectivity index (χ4n) is 4.13. The first kappa shape index (κ1) is 20.8. The van der Waals surface area contributed by atoms with Gasteiger partial charge in [-0.1, -0.05) is 72.8 Å². The lowest BCUT2D eigenvalue weighted by atomic mass is 9.83. The normalized spacial score (nSPS) is 19.4. The SMILES string of the molecule is C[NH+](Cc1cccc(F)c1)CN1C(=O)N[C@](Cc2ccccc2)(c2ccccc2)C1=O. The summed E-state index contributed by atoms with van der Waals surface area (Å²) in [6.45, 7) is 0.677. The number of urea groups is 1. The highest BCUT2D eigenvalue weighted by atomic mass is 19.1. The smallest absolute Gasteiger partial charge is 0.319 e. The first-order valence-corrected chi connectivity index (χ1v) is 10.3. The fourth-order valence-corrected chi connectivity index (χ4v) is 4.13. The second-order valence-corrected chi connectivity index (χ2v) is 8.02. The van der Waals surface area contributed by atoms with E-state index in [1.807, 2.05) is 73.8 Å². The van der Waals surface area contributed by atoms with Gasteiger partial charge in [0.15, 0.2) is 12.2 Å². The van der Waals surface area contributed by atoms with Gasteiger partial charge in [-0.25, -0.2) is 14.1 Å². The van der Waals surface area contributed by atoms with Gasteiger partial charge in [-0.05, 0) is 23.3 Å². The zero-order valence-electron chi connectivity index (χ0n) is 17.3. The van der Waals surface area contributed by atoms with E-state index in [1.165, 1.54) is 17.0 Å². The maximum atomic E-state index is 13.7. The number of halogens is 1. The summed E-state index contributed by atoms with van der Waals surface area (Å²) in [6.07, 6.45) is 0.363. The van der Waals surface area contributed by atoms with Crippen LogP contribution in [0.5, 0.6) is 0 Å². The van der Waals surface area contributed by atoms with E-state index in [-0.39, 0.29) is 18.4 Å². The largest absolute Gasteiger partial charge is 0.329 e. The van der Waals surface area contributed by atoms with Crippen LogP contribution < -0.4 is 10.2 Å². The predicted octanol–water partition coefficient (Wildman–Crippen LogP) is 2.49. The van der Waals surface area contributed by atoms with Gasteiger partial charge in [-0.2, -0.15) is 0 Å². The lowest BCUT2D eigenvalue weighted by Gasteiger charge is -2.28. The molecule has 0 spiro atoms. The van der Waals surface area contributed by atoms with Crippen LogP contribution in [0.3, 0.4) is 0 Å². The lowest BCUT2D eigenvalue weighted by molar-refractivity contribution is -0.901. The second kappa shape index (κ2) is 8.70. The Kier molecular flexibility index (Phi) is 5.82. The Labute approximate surface area is 181 Å². The van der Waals surface area contributed by atoms with Crippen molar-refractivity contribution in [2.45, 2.75) is 18.5 Å². The van der Waals surface area contributed by atoms with E-state index in [0.29, 0.717) is 13.0 Å². The maximum Gasteiger partial charge on any atom is 0.329 e. The van der Waals surface area contributed by atoms with E-state index < -0.39 is 11.6 Å². The molecule has 1 fully saturated rings. The highest BCUT2D eigenvalue weighted by Gasteiger charge is 2.53. The molecule has 1 saturated heterocycles. The average molecular weight is 418 g/mol. The summed E-state index contributed by atoms with van der Waals surface area (Å²) >= 11 is 0. The Morgan fingerprint density at radius 2 is 1.55 bits per heavy atom. The fraction of sp³-hybridized carbons (Fsp3) is 0.200. The first-order valence-electron chi connectivity index (χ1n) is 10.3. The van der Waals surface area contributed by atoms with Gasteiger partial charge in [0, 0.05) is 12.0 Å². The van der Waals surface area contributed by atoms with Crippen molar-refractivity contribution < 1.29 is 18.9 Å². The number of amides is 3. The molecule has 1 aliphatic heterocycles. The molecule has 2 atom stereocenters. The molecule has 1 aliphatic rings. The molecule has 1 heterocycles. The Morgan fingerprint density at radius 1 is 0.903 bits per heavy atom. The molecule has 0 saturated carbocycles. The van der Waals surface area contributed by atoms with Crippen LogP contribution in [0.25, 0.3) is 0 Å². The summed E-state index contributed by atoms with van der Waals surface area (Å²) in [4.78, 5) is 28.7. The molecule has 0 aromatic heterocycles. The quantitative estimate of drug-likeness (QED) is 0.580. The van der Waals surface area contributed by atoms with Gasteiger partial charge in [0.05, 0.1) is 7.05 Å². The van der Waals surface area contributed by atoms with Crippen molar-refractivity contribution in [3.63, 3.8) is 0 Å². The van der Waals surface area contributed by atoms with Crippen LogP contribution in [0, 0.1) is 5.82 Å². The molecular formula is C25H25FN3O2+. The topological polar surface area (TPSA) is 53.9 Å². The molecule has 3 amide bonds. The monoisotopic (exact) mass is 418 g/mol. The number of carbonyl (C=O) groups excluding carboxylic acids is 2. The van der Waals surface area contributed by atoms with Crippen LogP contribution in [0.4, 0.5) is 9.18 Å². The molecule has 31 heavy (non-hydrogen) atoms. The van der Waals surface area contributed by atoms with Crippen molar-refractivity contribution >= 4 is 11.9 Å². The Bertz CT molecular complexity index is 1070. The number of carbonyl (C=O) groups is 2. The van der Waals surface area contributed by atoms with Gasteiger partial charge in [0.25, 0.3) is 5.91 Å². The lowest BCUT2D eigenvalue weighted by Crippen LogP contribution is -3.09. The van der Waals surface area contributed by atoms with Crippen LogP contribution >= 0.6 is 0 Å². The van der Waals surface area contributed by atoms with E-state index in [2.05, 4.69) is 5.32 Å². The van der Waals surface area contributed by atoms with Crippen molar-refractivity contribution in [2.24, 2.45) is 0 Å². The third kappa shape index (κ3) is 4.34. The van der Waals surface area contributed by atoms with Crippen LogP contribution in [0.2, 0.25) is 0 Å². The van der Waals surface area contributed by atoms with Crippen LogP contribution in [-0.2, 0) is 23.3 Å². The van der Waals surface area contributed by atoms with Gasteiger partial charge in [0.1, 0.15) is 12.4 Å². The van der Waals surface area contributed by atoms with Crippen LogP contribution in [0.1, 0.15) is 16.7 Å². The second-order valence-electron chi connectivity index (χ2n) is 8.02. The van der Waals surface area contributed by atoms with E-state index in [0.717, 1.165) is 21.6 Å². The zero-order chi connectivity index (χ0) is 21.8. The molecule has 0 bridgehead atoms. The highest BCUT2D eigenvalue weighted by Crippen LogP contribution is 2.32. The number of hydrogen-bond donors (Lipinski definition) is 2. The Balaban J connectivity index is 1.59. The van der Waals surface area contributed by atoms with Gasteiger partial charge in [-0.15, -0.1) is 0 Å². The number of nitrogens with zero attached hydrogens (tertiary/aromatic N) is 1. The first-order chi connectivity index (χ1) is 15.0. The van der Waals surface area contributed by atoms with E-state index in [9.17, 15) is 14.0 Å². The van der Waals surface area contributed by atoms with Crippen LogP contribution in [0.15, 0.2) is 84.9 Å². The van der Waals surface area contributed by atoms with Crippen molar-refractivity contribution in [1.29, 1.82) is 0 Å². The molecule has 2 N–H and O–H groups in total. The summed E-state index contributed by atoms with van der Waals surface area (Å²) < 4.78 is 13.5. The average Bonchev–Trinajstić information content (AvgIpc) is 3.00. The third-order valence-electron chi connectivity index (χ3n) is 5.58. The molecule has 0 radical (unpaired) electrons. The highest BCUT2D eigenvalue weighted by molar-refractivity contribution is 6.07. The van der Waals surface area contributed by atoms with Crippen molar-refractivity contribution in [2.75, 3.05) is 13.7 Å². The van der Waals surface area contributed by atoms with Gasteiger partial charge >= 0.3 is 6.03 Å². The zero-order valence-corrected chi connectivity index (χ0v) is 17.3. The minimum absolute atomic E-state index is 0.185. The van der Waals surface area contributed by atoms with Crippen molar-refractivity contribution in [1.82, 2.24) is 10.2 Å². The minimum atomic E-state index is -1.15. The van der Waals surface area contributed by atoms with Gasteiger partial charge in [0.2, 0.25) is 0 Å². The van der Waals surface area contributed by atoms with Crippen molar-refractivity contribution in [3.05, 3.63) is 107 Å². The molecule has 4 rings (SSSR count). The molecule has 158 valence electrons. The predicted molar refractivity (Wildman–Crippen MR) is 116 cm³/mol. The van der Waals surface area contributed by atoms with Gasteiger partial charge < -0.3 is 10.2 Å². The Morgan fingerprint density at radius 3 is 2.23 bits per heavy atom. The van der Waals surface area contributed by atoms with Crippen LogP contribution in [-0.4, -0.2) is 30.6 Å². The molecule has 6 heteroatoms. The summed E-state index contributed by atoms with van der Waals surface area (Å²) in [5.74, 6) is -0.572. The van der Waals surface area contributed by atoms with Crippen molar-refractivity contribution in [3.8, 4) is 0 Å². The number of benzene rings is 3. The van der Waals surface area contributed by atoms with Gasteiger partial charge in [-0.3, -0.25) is 4.79 Å². The molecule has 3 aromatic rings. The molecule has 3 aromatic carbocycles. The van der Waals surface area contributed by atoms with E-state index >= 15 is 0 Å². The minimum Gasteiger partial charge on any atom is -0.319 e. The molecule has 0 aliphatic carbocycles. The summed E-state index contributed by atoms with van der Waals surface area (Å²) in [6, 6.07) is 25.0. The number of imide groups is 1. The van der Waals surface area contributed by atoms with E-state index in [1.54, 1.807) is 6.07 Å². The standard InChI is InChI=1S/C25H24FN3O2/c1-28(17-20-11-8-14-22(26)15-20)18-29-23(30)25(27-24(29)31,21-12-6-3-7-13-21)16-19-9-4-2-5-10-19/h2-15H,16-18H2,1H3,(H,27,31)/p+1/t25-/m1/s1. The Hall–Kier alpha value is -3.51. The number of rotatable bonds is 7. The summed E-state index contributed by atoms with van der Waals surface area (Å²) in [5, 5.41) is 2.97. The van der Waals surface area contributed by atoms with E-state index in [4.69, 9.17) is 0 Å². The summed E-state index contributed by atoms with van der Waals surface area (Å²) in [5.41, 5.74) is 1.37.